The van der Waals surface area contributed by atoms with Crippen LogP contribution in [0.2, 0.25) is 0 Å². The molecule has 1 unspecified atom stereocenters. The van der Waals surface area contributed by atoms with Gasteiger partial charge in [-0.3, -0.25) is 0 Å². The lowest BCUT2D eigenvalue weighted by molar-refractivity contribution is -0.00279. The fourth-order valence-corrected chi connectivity index (χ4v) is 5.68. The van der Waals surface area contributed by atoms with Crippen LogP contribution in [0, 0.1) is 6.92 Å². The summed E-state index contributed by atoms with van der Waals surface area (Å²) in [5.74, 6) is 0.231. The Balaban J connectivity index is 2.34. The Bertz CT molecular complexity index is 541. The summed E-state index contributed by atoms with van der Waals surface area (Å²) in [5, 5.41) is 1.85. The zero-order valence-electron chi connectivity index (χ0n) is 11.1. The van der Waals surface area contributed by atoms with Crippen LogP contribution >= 0.6 is 22.9 Å². The number of aryl methyl sites for hydroxylation is 1. The van der Waals surface area contributed by atoms with Crippen LogP contribution in [-0.2, 0) is 20.6 Å². The normalized spacial score (nSPS) is 21.7. The van der Waals surface area contributed by atoms with Crippen LogP contribution in [0.15, 0.2) is 10.3 Å². The number of hydrogen-bond donors (Lipinski definition) is 0. The number of hydrogen-bond acceptors (Lipinski definition) is 4. The molecule has 1 fully saturated rings. The first kappa shape index (κ1) is 15.3. The van der Waals surface area contributed by atoms with E-state index < -0.39 is 10.0 Å². The van der Waals surface area contributed by atoms with Crippen molar-refractivity contribution in [2.45, 2.75) is 37.1 Å². The van der Waals surface area contributed by atoms with Crippen LogP contribution in [0.5, 0.6) is 0 Å². The van der Waals surface area contributed by atoms with E-state index in [-0.39, 0.29) is 12.0 Å². The lowest BCUT2D eigenvalue weighted by Crippen LogP contribution is -2.45. The summed E-state index contributed by atoms with van der Waals surface area (Å²) < 4.78 is 32.5. The van der Waals surface area contributed by atoms with E-state index in [1.165, 1.54) is 15.6 Å². The van der Waals surface area contributed by atoms with E-state index in [1.807, 2.05) is 19.2 Å². The molecule has 4 nitrogen and oxygen atoms in total. The van der Waals surface area contributed by atoms with E-state index in [4.69, 9.17) is 16.3 Å². The van der Waals surface area contributed by atoms with Crippen molar-refractivity contribution in [2.24, 2.45) is 0 Å². The van der Waals surface area contributed by atoms with Gasteiger partial charge >= 0.3 is 0 Å². The molecule has 1 aromatic heterocycles. The molecule has 1 atom stereocenters. The molecule has 1 aliphatic rings. The molecule has 0 spiro atoms. The van der Waals surface area contributed by atoms with Crippen molar-refractivity contribution in [1.82, 2.24) is 4.31 Å². The fourth-order valence-electron chi connectivity index (χ4n) is 2.21. The topological polar surface area (TPSA) is 46.6 Å². The molecular weight excluding hydrogens is 306 g/mol. The molecule has 0 saturated carbocycles. The number of sulfonamides is 1. The predicted octanol–water partition coefficient (Wildman–Crippen LogP) is 2.59. The summed E-state index contributed by atoms with van der Waals surface area (Å²) in [6, 6.07) is 0. The zero-order chi connectivity index (χ0) is 14.0. The standard InChI is InChI=1S/C12H18ClNO3S2/c1-3-10-7-14(4-5-17-10)19(15,16)12-9(2)8-18-11(12)6-13/h8,10H,3-7H2,1-2H3. The van der Waals surface area contributed by atoms with Crippen molar-refractivity contribution >= 4 is 33.0 Å². The van der Waals surface area contributed by atoms with Crippen molar-refractivity contribution in [3.63, 3.8) is 0 Å². The maximum atomic E-state index is 12.7. The molecule has 108 valence electrons. The van der Waals surface area contributed by atoms with Gasteiger partial charge in [-0.2, -0.15) is 4.31 Å². The van der Waals surface area contributed by atoms with Crippen molar-refractivity contribution in [3.05, 3.63) is 15.8 Å². The van der Waals surface area contributed by atoms with Crippen molar-refractivity contribution < 1.29 is 13.2 Å². The molecule has 1 aromatic rings. The van der Waals surface area contributed by atoms with Gasteiger partial charge in [-0.05, 0) is 24.3 Å². The molecule has 0 bridgehead atoms. The first-order valence-corrected chi connectivity index (χ1v) is 9.10. The SMILES string of the molecule is CCC1CN(S(=O)(=O)c2c(C)csc2CCl)CCO1. The van der Waals surface area contributed by atoms with Crippen molar-refractivity contribution in [3.8, 4) is 0 Å². The quantitative estimate of drug-likeness (QED) is 0.800. The third-order valence-electron chi connectivity index (χ3n) is 3.27. The first-order valence-electron chi connectivity index (χ1n) is 6.25. The van der Waals surface area contributed by atoms with Crippen molar-refractivity contribution in [2.75, 3.05) is 19.7 Å². The summed E-state index contributed by atoms with van der Waals surface area (Å²) in [7, 11) is -3.46. The molecule has 0 aromatic carbocycles. The second kappa shape index (κ2) is 6.10. The molecule has 19 heavy (non-hydrogen) atoms. The van der Waals surface area contributed by atoms with E-state index in [9.17, 15) is 8.42 Å². The molecule has 1 saturated heterocycles. The van der Waals surface area contributed by atoms with Crippen LogP contribution in [0.4, 0.5) is 0 Å². The maximum Gasteiger partial charge on any atom is 0.244 e. The second-order valence-electron chi connectivity index (χ2n) is 4.57. The number of ether oxygens (including phenoxy) is 1. The highest BCUT2D eigenvalue weighted by Gasteiger charge is 2.33. The van der Waals surface area contributed by atoms with Gasteiger partial charge in [-0.1, -0.05) is 6.92 Å². The third kappa shape index (κ3) is 2.97. The summed E-state index contributed by atoms with van der Waals surface area (Å²) >= 11 is 7.25. The minimum atomic E-state index is -3.46. The van der Waals surface area contributed by atoms with Crippen LogP contribution in [-0.4, -0.2) is 38.5 Å². The van der Waals surface area contributed by atoms with E-state index in [0.29, 0.717) is 24.6 Å². The van der Waals surface area contributed by atoms with Crippen LogP contribution in [0.1, 0.15) is 23.8 Å². The molecule has 2 rings (SSSR count). The Morgan fingerprint density at radius 1 is 1.58 bits per heavy atom. The van der Waals surface area contributed by atoms with Gasteiger partial charge in [-0.15, -0.1) is 22.9 Å². The number of halogens is 1. The van der Waals surface area contributed by atoms with Gasteiger partial charge in [0.05, 0.1) is 18.6 Å². The average molecular weight is 324 g/mol. The smallest absolute Gasteiger partial charge is 0.244 e. The van der Waals surface area contributed by atoms with Crippen LogP contribution in [0.25, 0.3) is 0 Å². The predicted molar refractivity (Wildman–Crippen MR) is 77.4 cm³/mol. The van der Waals surface area contributed by atoms with E-state index in [2.05, 4.69) is 0 Å². The minimum absolute atomic E-state index is 0.0121. The van der Waals surface area contributed by atoms with Gasteiger partial charge in [0.2, 0.25) is 10.0 Å². The monoisotopic (exact) mass is 323 g/mol. The highest BCUT2D eigenvalue weighted by molar-refractivity contribution is 7.89. The average Bonchev–Trinajstić information content (AvgIpc) is 2.80. The van der Waals surface area contributed by atoms with Gasteiger partial charge < -0.3 is 4.74 Å². The van der Waals surface area contributed by atoms with Gasteiger partial charge in [0.25, 0.3) is 0 Å². The fraction of sp³-hybridized carbons (Fsp3) is 0.667. The van der Waals surface area contributed by atoms with Gasteiger partial charge in [0, 0.05) is 18.0 Å². The second-order valence-corrected chi connectivity index (χ2v) is 7.67. The molecule has 1 aliphatic heterocycles. The van der Waals surface area contributed by atoms with E-state index >= 15 is 0 Å². The number of morpholine rings is 1. The molecule has 0 radical (unpaired) electrons. The number of rotatable bonds is 4. The molecule has 0 amide bonds. The highest BCUT2D eigenvalue weighted by atomic mass is 35.5. The van der Waals surface area contributed by atoms with Gasteiger partial charge in [-0.25, -0.2) is 8.42 Å². The van der Waals surface area contributed by atoms with E-state index in [0.717, 1.165) is 16.9 Å². The summed E-state index contributed by atoms with van der Waals surface area (Å²) in [5.41, 5.74) is 0.778. The highest BCUT2D eigenvalue weighted by Crippen LogP contribution is 2.31. The summed E-state index contributed by atoms with van der Waals surface area (Å²) in [6.45, 7) is 5.11. The van der Waals surface area contributed by atoms with Crippen molar-refractivity contribution in [1.29, 1.82) is 0 Å². The molecular formula is C12H18ClNO3S2. The molecule has 2 heterocycles. The zero-order valence-corrected chi connectivity index (χ0v) is 13.4. The molecule has 7 heteroatoms. The lowest BCUT2D eigenvalue weighted by Gasteiger charge is -2.31. The van der Waals surface area contributed by atoms with Crippen LogP contribution < -0.4 is 0 Å². The number of alkyl halides is 1. The Morgan fingerprint density at radius 2 is 2.32 bits per heavy atom. The minimum Gasteiger partial charge on any atom is -0.375 e. The number of thiophene rings is 1. The summed E-state index contributed by atoms with van der Waals surface area (Å²) in [4.78, 5) is 1.11. The Kier molecular flexibility index (Phi) is 4.89. The molecule has 0 aliphatic carbocycles. The van der Waals surface area contributed by atoms with E-state index in [1.54, 1.807) is 0 Å². The van der Waals surface area contributed by atoms with Gasteiger partial charge in [0.15, 0.2) is 0 Å². The lowest BCUT2D eigenvalue weighted by atomic mass is 10.2. The number of nitrogens with zero attached hydrogens (tertiary/aromatic N) is 1. The molecule has 0 N–H and O–H groups in total. The summed E-state index contributed by atoms with van der Waals surface area (Å²) in [6.07, 6.45) is 0.804. The Morgan fingerprint density at radius 3 is 2.95 bits per heavy atom. The third-order valence-corrected chi connectivity index (χ3v) is 7.02. The Hall–Kier alpha value is -0.140. The van der Waals surface area contributed by atoms with Crippen LogP contribution in [0.3, 0.4) is 0 Å². The largest absolute Gasteiger partial charge is 0.375 e. The van der Waals surface area contributed by atoms with Gasteiger partial charge in [0.1, 0.15) is 4.90 Å². The Labute approximate surface area is 123 Å². The first-order chi connectivity index (χ1) is 9.00. The maximum absolute atomic E-state index is 12.7.